The van der Waals surface area contributed by atoms with Gasteiger partial charge in [-0.25, -0.2) is 4.98 Å². The van der Waals surface area contributed by atoms with Crippen LogP contribution >= 0.6 is 0 Å². The number of hydrogen-bond acceptors (Lipinski definition) is 3. The number of benzene rings is 2. The van der Waals surface area contributed by atoms with Crippen molar-refractivity contribution in [3.8, 4) is 0 Å². The summed E-state index contributed by atoms with van der Waals surface area (Å²) in [7, 11) is 1.94. The molecule has 1 saturated carbocycles. The van der Waals surface area contributed by atoms with E-state index in [1.807, 2.05) is 47.2 Å². The Morgan fingerprint density at radius 2 is 1.82 bits per heavy atom. The van der Waals surface area contributed by atoms with Gasteiger partial charge in [0.15, 0.2) is 0 Å². The first-order valence-electron chi connectivity index (χ1n) is 12.5. The first-order chi connectivity index (χ1) is 16.4. The first kappa shape index (κ1) is 22.6. The van der Waals surface area contributed by atoms with E-state index in [-0.39, 0.29) is 24.3 Å². The van der Waals surface area contributed by atoms with Gasteiger partial charge in [-0.2, -0.15) is 0 Å². The molecule has 1 aromatic heterocycles. The number of carbonyl (C=O) groups is 2. The number of anilines is 1. The molecule has 6 nitrogen and oxygen atoms in total. The highest BCUT2D eigenvalue weighted by atomic mass is 16.2. The number of imidazole rings is 1. The average Bonchev–Trinajstić information content (AvgIpc) is 3.41. The fraction of sp³-hybridized carbons (Fsp3) is 0.464. The molecule has 3 aromatic rings. The Labute approximate surface area is 201 Å². The van der Waals surface area contributed by atoms with E-state index in [0.29, 0.717) is 19.0 Å². The Bertz CT molecular complexity index is 1220. The third kappa shape index (κ3) is 4.22. The minimum Gasteiger partial charge on any atom is -0.341 e. The van der Waals surface area contributed by atoms with E-state index in [4.69, 9.17) is 4.98 Å². The van der Waals surface area contributed by atoms with Crippen molar-refractivity contribution in [1.82, 2.24) is 14.5 Å². The zero-order chi connectivity index (χ0) is 23.8. The number of likely N-dealkylation sites (N-methyl/N-ethyl adjacent to an activating group) is 1. The van der Waals surface area contributed by atoms with Gasteiger partial charge in [-0.05, 0) is 62.1 Å². The number of aromatic nitrogens is 2. The highest BCUT2D eigenvalue weighted by Gasteiger charge is 2.35. The van der Waals surface area contributed by atoms with E-state index in [1.165, 1.54) is 30.4 Å². The fourth-order valence-corrected chi connectivity index (χ4v) is 5.51. The number of hydrogen-bond donors (Lipinski definition) is 0. The van der Waals surface area contributed by atoms with E-state index in [2.05, 4.69) is 30.5 Å². The molecule has 0 spiro atoms. The van der Waals surface area contributed by atoms with Crippen molar-refractivity contribution < 1.29 is 9.59 Å². The third-order valence-electron chi connectivity index (χ3n) is 7.79. The predicted octanol–water partition coefficient (Wildman–Crippen LogP) is 4.96. The lowest BCUT2D eigenvalue weighted by Crippen LogP contribution is -2.40. The second-order valence-corrected chi connectivity index (χ2v) is 10.0. The summed E-state index contributed by atoms with van der Waals surface area (Å²) >= 11 is 0. The fourth-order valence-electron chi connectivity index (χ4n) is 5.51. The van der Waals surface area contributed by atoms with E-state index < -0.39 is 0 Å². The van der Waals surface area contributed by atoms with Gasteiger partial charge < -0.3 is 14.4 Å². The van der Waals surface area contributed by atoms with Crippen LogP contribution in [0.2, 0.25) is 0 Å². The lowest BCUT2D eigenvalue weighted by molar-refractivity contribution is -0.133. The van der Waals surface area contributed by atoms with Crippen LogP contribution in [-0.4, -0.2) is 45.9 Å². The first-order valence-corrected chi connectivity index (χ1v) is 12.5. The van der Waals surface area contributed by atoms with Gasteiger partial charge in [0.2, 0.25) is 11.8 Å². The van der Waals surface area contributed by atoms with Gasteiger partial charge in [0.25, 0.3) is 0 Å². The van der Waals surface area contributed by atoms with Crippen molar-refractivity contribution in [3.05, 3.63) is 59.4 Å². The van der Waals surface area contributed by atoms with Gasteiger partial charge in [-0.1, -0.05) is 37.5 Å². The number of fused-ring (bicyclic) bond motifs is 1. The largest absolute Gasteiger partial charge is 0.341 e. The molecular weight excluding hydrogens is 424 g/mol. The summed E-state index contributed by atoms with van der Waals surface area (Å²) in [6.45, 7) is 5.00. The number of carbonyl (C=O) groups excluding carboxylic acids is 2. The zero-order valence-corrected chi connectivity index (χ0v) is 20.5. The van der Waals surface area contributed by atoms with Crippen LogP contribution < -0.4 is 4.90 Å². The maximum Gasteiger partial charge on any atom is 0.242 e. The second kappa shape index (κ2) is 9.24. The Kier molecular flexibility index (Phi) is 6.15. The smallest absolute Gasteiger partial charge is 0.242 e. The summed E-state index contributed by atoms with van der Waals surface area (Å²) in [4.78, 5) is 35.1. The summed E-state index contributed by atoms with van der Waals surface area (Å²) < 4.78 is 2.05. The molecule has 34 heavy (non-hydrogen) atoms. The molecule has 0 bridgehead atoms. The molecule has 2 fully saturated rings. The molecule has 1 atom stereocenters. The van der Waals surface area contributed by atoms with Crippen LogP contribution in [0.4, 0.5) is 5.69 Å². The normalized spacial score (nSPS) is 19.2. The molecule has 1 aliphatic carbocycles. The summed E-state index contributed by atoms with van der Waals surface area (Å²) in [5.74, 6) is 1.02. The molecule has 0 N–H and O–H groups in total. The van der Waals surface area contributed by atoms with Crippen molar-refractivity contribution in [2.75, 3.05) is 18.5 Å². The molecule has 6 heteroatoms. The average molecular weight is 459 g/mol. The molecule has 2 amide bonds. The van der Waals surface area contributed by atoms with Gasteiger partial charge in [0.05, 0.1) is 11.0 Å². The highest BCUT2D eigenvalue weighted by molar-refractivity contribution is 5.96. The van der Waals surface area contributed by atoms with Crippen molar-refractivity contribution in [2.45, 2.75) is 70.9 Å². The maximum absolute atomic E-state index is 13.3. The zero-order valence-electron chi connectivity index (χ0n) is 20.5. The Morgan fingerprint density at radius 3 is 2.59 bits per heavy atom. The lowest BCUT2D eigenvalue weighted by atomic mass is 9.94. The highest BCUT2D eigenvalue weighted by Crippen LogP contribution is 2.34. The summed E-state index contributed by atoms with van der Waals surface area (Å²) in [6, 6.07) is 14.5. The molecule has 2 aromatic carbocycles. The second-order valence-electron chi connectivity index (χ2n) is 10.0. The van der Waals surface area contributed by atoms with Gasteiger partial charge in [0.1, 0.15) is 12.4 Å². The SMILES string of the molecule is Cc1ccc(N2CC(c3nc4ccccc4n3CC(=O)N(C)C3CCCCC3)CC2=O)cc1C. The summed E-state index contributed by atoms with van der Waals surface area (Å²) in [5.41, 5.74) is 5.17. The van der Waals surface area contributed by atoms with Crippen molar-refractivity contribution in [3.63, 3.8) is 0 Å². The van der Waals surface area contributed by atoms with Crippen molar-refractivity contribution in [1.29, 1.82) is 0 Å². The Hall–Kier alpha value is -3.15. The minimum atomic E-state index is -0.0469. The Morgan fingerprint density at radius 1 is 1.06 bits per heavy atom. The van der Waals surface area contributed by atoms with E-state index >= 15 is 0 Å². The summed E-state index contributed by atoms with van der Waals surface area (Å²) in [6.07, 6.45) is 6.23. The third-order valence-corrected chi connectivity index (χ3v) is 7.79. The molecule has 1 unspecified atom stereocenters. The van der Waals surface area contributed by atoms with Crippen LogP contribution in [0.1, 0.15) is 61.4 Å². The number of rotatable bonds is 5. The molecule has 1 saturated heterocycles. The van der Waals surface area contributed by atoms with Crippen LogP contribution in [0, 0.1) is 13.8 Å². The standard InChI is InChI=1S/C28H34N4O2/c1-19-13-14-23(15-20(19)2)31-17-21(16-26(31)33)28-29-24-11-7-8-12-25(24)32(28)18-27(34)30(3)22-9-5-4-6-10-22/h7-8,11-15,21-22H,4-6,9-10,16-18H2,1-3H3. The number of para-hydroxylation sites is 2. The number of nitrogens with zero attached hydrogens (tertiary/aromatic N) is 4. The number of amides is 2. The van der Waals surface area contributed by atoms with E-state index in [1.54, 1.807) is 0 Å². The van der Waals surface area contributed by atoms with Crippen molar-refractivity contribution in [2.24, 2.45) is 0 Å². The van der Waals surface area contributed by atoms with E-state index in [0.717, 1.165) is 35.4 Å². The molecule has 0 radical (unpaired) electrons. The van der Waals surface area contributed by atoms with Gasteiger partial charge in [-0.3, -0.25) is 9.59 Å². The molecule has 1 aliphatic heterocycles. The van der Waals surface area contributed by atoms with E-state index in [9.17, 15) is 9.59 Å². The minimum absolute atomic E-state index is 0.0469. The predicted molar refractivity (Wildman–Crippen MR) is 135 cm³/mol. The maximum atomic E-state index is 13.3. The quantitative estimate of drug-likeness (QED) is 0.543. The van der Waals surface area contributed by atoms with Gasteiger partial charge in [0, 0.05) is 37.7 Å². The molecule has 2 heterocycles. The van der Waals surface area contributed by atoms with Crippen molar-refractivity contribution >= 4 is 28.5 Å². The molecule has 2 aliphatic rings. The summed E-state index contributed by atoms with van der Waals surface area (Å²) in [5, 5.41) is 0. The van der Waals surface area contributed by atoms with Crippen LogP contribution in [0.25, 0.3) is 11.0 Å². The molecule has 178 valence electrons. The molecule has 5 rings (SSSR count). The topological polar surface area (TPSA) is 58.4 Å². The Balaban J connectivity index is 1.43. The van der Waals surface area contributed by atoms with Gasteiger partial charge in [-0.15, -0.1) is 0 Å². The van der Waals surface area contributed by atoms with Crippen LogP contribution in [0.5, 0.6) is 0 Å². The number of aryl methyl sites for hydroxylation is 2. The monoisotopic (exact) mass is 458 g/mol. The lowest BCUT2D eigenvalue weighted by Gasteiger charge is -2.31. The van der Waals surface area contributed by atoms with Crippen LogP contribution in [-0.2, 0) is 16.1 Å². The van der Waals surface area contributed by atoms with Crippen LogP contribution in [0.3, 0.4) is 0 Å². The van der Waals surface area contributed by atoms with Gasteiger partial charge >= 0.3 is 0 Å². The van der Waals surface area contributed by atoms with Crippen LogP contribution in [0.15, 0.2) is 42.5 Å². The molecular formula is C28H34N4O2.